The average Bonchev–Trinajstić information content (AvgIpc) is 3.41. The first-order valence-corrected chi connectivity index (χ1v) is 10.7. The minimum Gasteiger partial charge on any atom is -0.453 e. The van der Waals surface area contributed by atoms with Crippen LogP contribution in [0.25, 0.3) is 6.08 Å². The lowest BCUT2D eigenvalue weighted by Gasteiger charge is -2.37. The van der Waals surface area contributed by atoms with Crippen LogP contribution in [0.4, 0.5) is 16.6 Å². The minimum absolute atomic E-state index is 0.250. The number of aromatic nitrogens is 2. The molecule has 1 aromatic heterocycles. The van der Waals surface area contributed by atoms with Crippen molar-refractivity contribution in [3.63, 3.8) is 0 Å². The molecule has 1 saturated heterocycles. The minimum atomic E-state index is -0.250. The van der Waals surface area contributed by atoms with Gasteiger partial charge < -0.3 is 19.9 Å². The zero-order valence-electron chi connectivity index (χ0n) is 17.1. The second-order valence-corrected chi connectivity index (χ2v) is 8.81. The summed E-state index contributed by atoms with van der Waals surface area (Å²) in [6.07, 6.45) is 14.0. The Morgan fingerprint density at radius 2 is 2.03 bits per heavy atom. The lowest BCUT2D eigenvalue weighted by molar-refractivity contribution is 0.113. The van der Waals surface area contributed by atoms with E-state index < -0.39 is 0 Å². The topological polar surface area (TPSA) is 70.6 Å². The number of ether oxygens (including phenoxy) is 1. The molecular weight excluding hydrogens is 366 g/mol. The molecule has 1 atom stereocenters. The van der Waals surface area contributed by atoms with E-state index in [2.05, 4.69) is 33.9 Å². The third kappa shape index (κ3) is 3.26. The van der Waals surface area contributed by atoms with E-state index in [0.29, 0.717) is 30.5 Å². The Bertz CT molecular complexity index is 855. The maximum absolute atomic E-state index is 11.7. The van der Waals surface area contributed by atoms with Crippen molar-refractivity contribution in [2.24, 2.45) is 5.41 Å². The lowest BCUT2D eigenvalue weighted by Crippen LogP contribution is -2.42. The number of carbonyl (C=O) groups is 1. The first kappa shape index (κ1) is 18.5. The number of piperidine rings is 1. The monoisotopic (exact) mass is 395 g/mol. The molecule has 3 fully saturated rings. The van der Waals surface area contributed by atoms with Crippen LogP contribution in [0, 0.1) is 5.41 Å². The molecule has 154 valence electrons. The third-order valence-corrected chi connectivity index (χ3v) is 7.11. The average molecular weight is 396 g/mol. The highest BCUT2D eigenvalue weighted by atomic mass is 16.5. The summed E-state index contributed by atoms with van der Waals surface area (Å²) in [5, 5.41) is 3.49. The highest BCUT2D eigenvalue weighted by molar-refractivity contribution is 5.74. The van der Waals surface area contributed by atoms with Crippen LogP contribution in [0.3, 0.4) is 0 Å². The molecule has 3 heterocycles. The van der Waals surface area contributed by atoms with E-state index in [1.807, 2.05) is 6.20 Å². The number of nitrogens with zero attached hydrogens (tertiary/aromatic N) is 4. The van der Waals surface area contributed by atoms with Gasteiger partial charge in [0.15, 0.2) is 0 Å². The fourth-order valence-electron chi connectivity index (χ4n) is 5.30. The zero-order chi connectivity index (χ0) is 20.0. The first-order valence-electron chi connectivity index (χ1n) is 10.7. The lowest BCUT2D eigenvalue weighted by atomic mass is 9.96. The SMILES string of the molecule is C=C1C=Cc2cnc(NC3CCN(C(=O)OC)CC3)nc2N1[C@H]1CCCC12CC2. The van der Waals surface area contributed by atoms with Crippen molar-refractivity contribution in [1.82, 2.24) is 14.9 Å². The van der Waals surface area contributed by atoms with Crippen LogP contribution in [0.5, 0.6) is 0 Å². The number of carbonyl (C=O) groups excluding carboxylic acids is 1. The molecule has 7 nitrogen and oxygen atoms in total. The maximum Gasteiger partial charge on any atom is 0.409 e. The second kappa shape index (κ2) is 7.04. The van der Waals surface area contributed by atoms with Crippen molar-refractivity contribution in [3.8, 4) is 0 Å². The van der Waals surface area contributed by atoms with E-state index in [9.17, 15) is 4.79 Å². The number of fused-ring (bicyclic) bond motifs is 1. The third-order valence-electron chi connectivity index (χ3n) is 7.11. The summed E-state index contributed by atoms with van der Waals surface area (Å²) in [5.74, 6) is 1.65. The smallest absolute Gasteiger partial charge is 0.409 e. The van der Waals surface area contributed by atoms with Gasteiger partial charge in [-0.05, 0) is 56.1 Å². The predicted molar refractivity (Wildman–Crippen MR) is 113 cm³/mol. The number of amides is 1. The van der Waals surface area contributed by atoms with E-state index in [1.165, 1.54) is 39.2 Å². The van der Waals surface area contributed by atoms with Crippen molar-refractivity contribution in [2.75, 3.05) is 30.4 Å². The molecule has 29 heavy (non-hydrogen) atoms. The molecule has 5 rings (SSSR count). The number of methoxy groups -OCH3 is 1. The summed E-state index contributed by atoms with van der Waals surface area (Å²) in [7, 11) is 1.43. The van der Waals surface area contributed by atoms with E-state index in [-0.39, 0.29) is 12.1 Å². The van der Waals surface area contributed by atoms with Gasteiger partial charge >= 0.3 is 6.09 Å². The quantitative estimate of drug-likeness (QED) is 0.839. The van der Waals surface area contributed by atoms with Crippen LogP contribution in [0.1, 0.15) is 50.5 Å². The molecule has 1 N–H and O–H groups in total. The van der Waals surface area contributed by atoms with Gasteiger partial charge in [-0.2, -0.15) is 4.98 Å². The highest BCUT2D eigenvalue weighted by Gasteiger charge is 2.55. The second-order valence-electron chi connectivity index (χ2n) is 8.81. The number of nitrogens with one attached hydrogen (secondary N) is 1. The van der Waals surface area contributed by atoms with Crippen molar-refractivity contribution < 1.29 is 9.53 Å². The van der Waals surface area contributed by atoms with Crippen LogP contribution in [0.15, 0.2) is 24.5 Å². The van der Waals surface area contributed by atoms with Crippen LogP contribution < -0.4 is 10.2 Å². The van der Waals surface area contributed by atoms with Gasteiger partial charge in [0.1, 0.15) is 5.82 Å². The molecule has 2 aliphatic heterocycles. The summed E-state index contributed by atoms with van der Waals surface area (Å²) in [6.45, 7) is 5.69. The molecule has 0 aromatic carbocycles. The largest absolute Gasteiger partial charge is 0.453 e. The summed E-state index contributed by atoms with van der Waals surface area (Å²) < 4.78 is 4.82. The van der Waals surface area contributed by atoms with Gasteiger partial charge in [0.25, 0.3) is 0 Å². The Morgan fingerprint density at radius 1 is 1.24 bits per heavy atom. The first-order chi connectivity index (χ1) is 14.1. The molecule has 1 spiro atoms. The maximum atomic E-state index is 11.7. The highest BCUT2D eigenvalue weighted by Crippen LogP contribution is 2.60. The van der Waals surface area contributed by atoms with Crippen molar-refractivity contribution in [1.29, 1.82) is 0 Å². The molecule has 2 saturated carbocycles. The van der Waals surface area contributed by atoms with Crippen molar-refractivity contribution in [3.05, 3.63) is 30.1 Å². The Hall–Kier alpha value is -2.57. The Morgan fingerprint density at radius 3 is 2.76 bits per heavy atom. The van der Waals surface area contributed by atoms with E-state index in [1.54, 1.807) is 4.90 Å². The molecule has 0 unspecified atom stereocenters. The van der Waals surface area contributed by atoms with Crippen molar-refractivity contribution in [2.45, 2.75) is 57.0 Å². The molecule has 2 aliphatic carbocycles. The molecule has 7 heteroatoms. The van der Waals surface area contributed by atoms with Gasteiger partial charge in [-0.15, -0.1) is 0 Å². The molecule has 0 bridgehead atoms. The predicted octanol–water partition coefficient (Wildman–Crippen LogP) is 3.80. The van der Waals surface area contributed by atoms with E-state index in [4.69, 9.17) is 9.72 Å². The molecule has 1 amide bonds. The molecular formula is C22H29N5O2. The van der Waals surface area contributed by atoms with Gasteiger partial charge in [-0.1, -0.05) is 13.0 Å². The van der Waals surface area contributed by atoms with Gasteiger partial charge in [0.05, 0.1) is 7.11 Å². The number of likely N-dealkylation sites (tertiary alicyclic amines) is 1. The number of rotatable bonds is 3. The number of hydrogen-bond donors (Lipinski definition) is 1. The van der Waals surface area contributed by atoms with Crippen LogP contribution in [-0.2, 0) is 4.74 Å². The molecule has 4 aliphatic rings. The van der Waals surface area contributed by atoms with E-state index >= 15 is 0 Å². The van der Waals surface area contributed by atoms with Crippen LogP contribution >= 0.6 is 0 Å². The standard InChI is InChI=1S/C22H29N5O2/c1-15-5-6-16-14-23-20(24-17-7-12-26(13-8-17)21(28)29-2)25-19(16)27(15)18-4-3-9-22(18)10-11-22/h5-6,14,17-18H,1,3-4,7-13H2,2H3,(H,23,24,25)/t18-/m0/s1. The van der Waals surface area contributed by atoms with Gasteiger partial charge in [0, 0.05) is 42.6 Å². The summed E-state index contributed by atoms with van der Waals surface area (Å²) >= 11 is 0. The summed E-state index contributed by atoms with van der Waals surface area (Å²) in [6, 6.07) is 0.760. The summed E-state index contributed by atoms with van der Waals surface area (Å²) in [4.78, 5) is 25.3. The Labute approximate surface area is 171 Å². The molecule has 0 radical (unpaired) electrons. The number of anilines is 2. The number of hydrogen-bond acceptors (Lipinski definition) is 6. The van der Waals surface area contributed by atoms with E-state index in [0.717, 1.165) is 29.9 Å². The van der Waals surface area contributed by atoms with Gasteiger partial charge in [-0.3, -0.25) is 0 Å². The van der Waals surface area contributed by atoms with Crippen LogP contribution in [-0.4, -0.2) is 53.2 Å². The summed E-state index contributed by atoms with van der Waals surface area (Å²) in [5.41, 5.74) is 2.57. The Kier molecular flexibility index (Phi) is 4.48. The van der Waals surface area contributed by atoms with Gasteiger partial charge in [-0.25, -0.2) is 9.78 Å². The van der Waals surface area contributed by atoms with Gasteiger partial charge in [0.2, 0.25) is 5.95 Å². The Balaban J connectivity index is 1.33. The fraction of sp³-hybridized carbons (Fsp3) is 0.591. The fourth-order valence-corrected chi connectivity index (χ4v) is 5.30. The molecule has 1 aromatic rings. The zero-order valence-corrected chi connectivity index (χ0v) is 17.1. The normalized spacial score (nSPS) is 25.3. The van der Waals surface area contributed by atoms with Crippen LogP contribution in [0.2, 0.25) is 0 Å². The number of allylic oxidation sites excluding steroid dienone is 1. The van der Waals surface area contributed by atoms with Crippen molar-refractivity contribution >= 4 is 23.9 Å².